The number of nitrogens with one attached hydrogen (secondary N) is 1. The second kappa shape index (κ2) is 7.64. The van der Waals surface area contributed by atoms with E-state index in [4.69, 9.17) is 5.11 Å². The van der Waals surface area contributed by atoms with E-state index in [-0.39, 0.29) is 19.0 Å². The van der Waals surface area contributed by atoms with E-state index in [1.807, 2.05) is 0 Å². The molecule has 3 N–H and O–H groups in total. The van der Waals surface area contributed by atoms with Gasteiger partial charge in [0.2, 0.25) is 0 Å². The zero-order valence-electron chi connectivity index (χ0n) is 13.3. The number of amides is 2. The third kappa shape index (κ3) is 6.33. The number of hydrogen-bond acceptors (Lipinski definition) is 3. The largest absolute Gasteiger partial charge is 0.481 e. The zero-order valence-corrected chi connectivity index (χ0v) is 13.3. The first kappa shape index (κ1) is 17.8. The van der Waals surface area contributed by atoms with Gasteiger partial charge in [0.15, 0.2) is 0 Å². The van der Waals surface area contributed by atoms with Gasteiger partial charge in [0, 0.05) is 19.6 Å². The molecule has 1 rings (SSSR count). The minimum Gasteiger partial charge on any atom is -0.481 e. The summed E-state index contributed by atoms with van der Waals surface area (Å²) in [5.41, 5.74) is -1.42. The molecule has 2 amide bonds. The summed E-state index contributed by atoms with van der Waals surface area (Å²) in [5.74, 6) is 0.200. The first-order valence-corrected chi connectivity index (χ1v) is 7.68. The van der Waals surface area contributed by atoms with Gasteiger partial charge in [0.25, 0.3) is 0 Å². The van der Waals surface area contributed by atoms with Crippen LogP contribution in [0.25, 0.3) is 0 Å². The quantitative estimate of drug-likeness (QED) is 0.720. The number of nitrogens with zero attached hydrogens (tertiary/aromatic N) is 1. The van der Waals surface area contributed by atoms with Crippen LogP contribution in [0.1, 0.15) is 46.5 Å². The molecule has 1 aliphatic heterocycles. The molecule has 6 nitrogen and oxygen atoms in total. The van der Waals surface area contributed by atoms with Crippen LogP contribution < -0.4 is 5.32 Å². The third-order valence-electron chi connectivity index (χ3n) is 4.16. The Morgan fingerprint density at radius 2 is 2.00 bits per heavy atom. The van der Waals surface area contributed by atoms with Crippen molar-refractivity contribution in [1.82, 2.24) is 10.2 Å². The van der Waals surface area contributed by atoms with E-state index in [1.54, 1.807) is 4.90 Å². The molecule has 21 heavy (non-hydrogen) atoms. The summed E-state index contributed by atoms with van der Waals surface area (Å²) in [4.78, 5) is 24.5. The number of urea groups is 1. The maximum atomic E-state index is 12.1. The molecule has 2 atom stereocenters. The van der Waals surface area contributed by atoms with Gasteiger partial charge < -0.3 is 20.4 Å². The predicted octanol–water partition coefficient (Wildman–Crippen LogP) is 1.68. The predicted molar refractivity (Wildman–Crippen MR) is 80.0 cm³/mol. The summed E-state index contributed by atoms with van der Waals surface area (Å²) >= 11 is 0. The Bertz CT molecular complexity index is 369. The fourth-order valence-electron chi connectivity index (χ4n) is 2.76. The van der Waals surface area contributed by atoms with Crippen molar-refractivity contribution >= 4 is 12.0 Å². The Hall–Kier alpha value is -1.30. The van der Waals surface area contributed by atoms with Gasteiger partial charge in [-0.25, -0.2) is 4.79 Å². The molecule has 0 bridgehead atoms. The molecule has 0 aromatic heterocycles. The van der Waals surface area contributed by atoms with Crippen LogP contribution in [0.5, 0.6) is 0 Å². The van der Waals surface area contributed by atoms with Gasteiger partial charge in [0.1, 0.15) is 0 Å². The molecule has 0 spiro atoms. The third-order valence-corrected chi connectivity index (χ3v) is 4.16. The molecular formula is C15H28N2O4. The molecule has 0 aromatic rings. The first-order chi connectivity index (χ1) is 9.71. The van der Waals surface area contributed by atoms with Gasteiger partial charge in [-0.15, -0.1) is 0 Å². The Balaban J connectivity index is 2.43. The Morgan fingerprint density at radius 3 is 2.57 bits per heavy atom. The van der Waals surface area contributed by atoms with Crippen molar-refractivity contribution in [3.8, 4) is 0 Å². The molecule has 1 aliphatic rings. The summed E-state index contributed by atoms with van der Waals surface area (Å²) in [7, 11) is 0. The summed E-state index contributed by atoms with van der Waals surface area (Å²) in [6.45, 7) is 7.22. The van der Waals surface area contributed by atoms with Gasteiger partial charge in [-0.1, -0.05) is 13.8 Å². The van der Waals surface area contributed by atoms with Crippen molar-refractivity contribution in [2.75, 3.05) is 19.6 Å². The molecule has 1 fully saturated rings. The fraction of sp³-hybridized carbons (Fsp3) is 0.867. The van der Waals surface area contributed by atoms with Crippen molar-refractivity contribution in [3.63, 3.8) is 0 Å². The molecular weight excluding hydrogens is 272 g/mol. The normalized spacial score (nSPS) is 22.5. The highest BCUT2D eigenvalue weighted by Crippen LogP contribution is 2.24. The summed E-state index contributed by atoms with van der Waals surface area (Å²) in [6.07, 6.45) is 2.74. The van der Waals surface area contributed by atoms with Crippen LogP contribution in [-0.2, 0) is 4.79 Å². The Morgan fingerprint density at radius 1 is 1.33 bits per heavy atom. The van der Waals surface area contributed by atoms with Gasteiger partial charge >= 0.3 is 12.0 Å². The first-order valence-electron chi connectivity index (χ1n) is 7.68. The van der Waals surface area contributed by atoms with E-state index in [1.165, 1.54) is 6.92 Å². The van der Waals surface area contributed by atoms with E-state index < -0.39 is 11.6 Å². The summed E-state index contributed by atoms with van der Waals surface area (Å²) in [5, 5.41) is 21.2. The molecule has 0 saturated carbocycles. The number of carboxylic acids is 1. The second-order valence-corrected chi connectivity index (χ2v) is 6.65. The van der Waals surface area contributed by atoms with E-state index in [0.29, 0.717) is 11.8 Å². The zero-order chi connectivity index (χ0) is 16.0. The number of rotatable bonds is 5. The van der Waals surface area contributed by atoms with Crippen LogP contribution in [0, 0.1) is 11.8 Å². The molecule has 122 valence electrons. The van der Waals surface area contributed by atoms with Crippen LogP contribution >= 0.6 is 0 Å². The standard InChI is InChI=1S/C15H28N2O4/c1-11(2)12-5-4-7-17(8-6-12)14(20)16-10-15(3,21)9-13(18)19/h11-12,21H,4-10H2,1-3H3,(H,16,20)(H,18,19). The summed E-state index contributed by atoms with van der Waals surface area (Å²) < 4.78 is 0. The Labute approximate surface area is 126 Å². The maximum absolute atomic E-state index is 12.1. The second-order valence-electron chi connectivity index (χ2n) is 6.65. The lowest BCUT2D eigenvalue weighted by molar-refractivity contribution is -0.141. The monoisotopic (exact) mass is 300 g/mol. The van der Waals surface area contributed by atoms with Crippen molar-refractivity contribution in [3.05, 3.63) is 0 Å². The number of carbonyl (C=O) groups is 2. The van der Waals surface area contributed by atoms with Gasteiger partial charge in [-0.2, -0.15) is 0 Å². The average Bonchev–Trinajstić information content (AvgIpc) is 2.60. The minimum atomic E-state index is -1.42. The lowest BCUT2D eigenvalue weighted by Gasteiger charge is -2.26. The number of aliphatic carboxylic acids is 1. The molecule has 0 aliphatic carbocycles. The molecule has 6 heteroatoms. The van der Waals surface area contributed by atoms with Crippen LogP contribution in [0.15, 0.2) is 0 Å². The number of aliphatic hydroxyl groups is 1. The molecule has 0 radical (unpaired) electrons. The lowest BCUT2D eigenvalue weighted by atomic mass is 9.89. The van der Waals surface area contributed by atoms with Crippen LogP contribution in [0.4, 0.5) is 4.79 Å². The SMILES string of the molecule is CC(C)C1CCCN(C(=O)NCC(C)(O)CC(=O)O)CC1. The van der Waals surface area contributed by atoms with Crippen molar-refractivity contribution in [2.24, 2.45) is 11.8 Å². The van der Waals surface area contributed by atoms with E-state index in [2.05, 4.69) is 19.2 Å². The summed E-state index contributed by atoms with van der Waals surface area (Å²) in [6, 6.07) is -0.218. The molecule has 1 heterocycles. The van der Waals surface area contributed by atoms with Crippen molar-refractivity contribution in [2.45, 2.75) is 52.1 Å². The number of likely N-dealkylation sites (tertiary alicyclic amines) is 1. The van der Waals surface area contributed by atoms with Crippen molar-refractivity contribution in [1.29, 1.82) is 0 Å². The van der Waals surface area contributed by atoms with Crippen molar-refractivity contribution < 1.29 is 19.8 Å². The van der Waals surface area contributed by atoms with Crippen LogP contribution in [-0.4, -0.2) is 52.3 Å². The van der Waals surface area contributed by atoms with E-state index in [0.717, 1.165) is 32.4 Å². The van der Waals surface area contributed by atoms with Gasteiger partial charge in [-0.05, 0) is 38.0 Å². The maximum Gasteiger partial charge on any atom is 0.317 e. The topological polar surface area (TPSA) is 89.9 Å². The molecule has 0 aromatic carbocycles. The van der Waals surface area contributed by atoms with E-state index in [9.17, 15) is 14.7 Å². The van der Waals surface area contributed by atoms with Crippen LogP contribution in [0.3, 0.4) is 0 Å². The van der Waals surface area contributed by atoms with Gasteiger partial charge in [-0.3, -0.25) is 4.79 Å². The van der Waals surface area contributed by atoms with E-state index >= 15 is 0 Å². The molecule has 2 unspecified atom stereocenters. The highest BCUT2D eigenvalue weighted by Gasteiger charge is 2.27. The highest BCUT2D eigenvalue weighted by molar-refractivity contribution is 5.74. The number of carbonyl (C=O) groups excluding carboxylic acids is 1. The minimum absolute atomic E-state index is 0.0533. The average molecular weight is 300 g/mol. The van der Waals surface area contributed by atoms with Crippen LogP contribution in [0.2, 0.25) is 0 Å². The van der Waals surface area contributed by atoms with Gasteiger partial charge in [0.05, 0.1) is 12.0 Å². The Kier molecular flexibility index (Phi) is 6.45. The smallest absolute Gasteiger partial charge is 0.317 e. The highest BCUT2D eigenvalue weighted by atomic mass is 16.4. The number of hydrogen-bond donors (Lipinski definition) is 3. The number of carboxylic acid groups (broad SMARTS) is 1. The lowest BCUT2D eigenvalue weighted by Crippen LogP contribution is -2.47. The fourth-order valence-corrected chi connectivity index (χ4v) is 2.76. The molecule has 1 saturated heterocycles.